The number of halogens is 3. The van der Waals surface area contributed by atoms with E-state index >= 15 is 0 Å². The molecule has 0 aromatic heterocycles. The van der Waals surface area contributed by atoms with Crippen LogP contribution in [-0.4, -0.2) is 49.1 Å². The van der Waals surface area contributed by atoms with Crippen molar-refractivity contribution in [1.82, 2.24) is 15.1 Å². The zero-order chi connectivity index (χ0) is 20.9. The first-order chi connectivity index (χ1) is 13.8. The molecule has 8 heteroatoms. The van der Waals surface area contributed by atoms with Crippen LogP contribution in [0.1, 0.15) is 16.7 Å². The summed E-state index contributed by atoms with van der Waals surface area (Å²) in [6.45, 7) is 5.52. The number of carbonyl (C=O) groups is 1. The summed E-state index contributed by atoms with van der Waals surface area (Å²) < 4.78 is 37.7. The molecule has 0 radical (unpaired) electrons. The molecule has 5 nitrogen and oxygen atoms in total. The van der Waals surface area contributed by atoms with Gasteiger partial charge in [0.2, 0.25) is 0 Å². The molecule has 0 atom stereocenters. The van der Waals surface area contributed by atoms with Crippen LogP contribution in [0.3, 0.4) is 0 Å². The highest BCUT2D eigenvalue weighted by atomic mass is 19.4. The van der Waals surface area contributed by atoms with Crippen LogP contribution in [0.25, 0.3) is 0 Å². The number of alkyl halides is 3. The number of amides is 2. The van der Waals surface area contributed by atoms with E-state index in [1.165, 1.54) is 17.7 Å². The highest BCUT2D eigenvalue weighted by Gasteiger charge is 2.29. The summed E-state index contributed by atoms with van der Waals surface area (Å²) in [6.07, 6.45) is -4.39. The third kappa shape index (κ3) is 6.47. The van der Waals surface area contributed by atoms with E-state index in [1.54, 1.807) is 0 Å². The van der Waals surface area contributed by atoms with E-state index in [0.29, 0.717) is 12.2 Å². The number of hydrogen-bond donors (Lipinski definition) is 2. The van der Waals surface area contributed by atoms with Gasteiger partial charge in [0.25, 0.3) is 0 Å². The zero-order valence-electron chi connectivity index (χ0n) is 16.3. The summed E-state index contributed by atoms with van der Waals surface area (Å²) in [6, 6.07) is 11.9. The van der Waals surface area contributed by atoms with Gasteiger partial charge in [0.05, 0.1) is 5.56 Å². The summed E-state index contributed by atoms with van der Waals surface area (Å²) in [5.41, 5.74) is 1.74. The van der Waals surface area contributed by atoms with Crippen molar-refractivity contribution in [1.29, 1.82) is 0 Å². The summed E-state index contributed by atoms with van der Waals surface area (Å²) >= 11 is 0. The quantitative estimate of drug-likeness (QED) is 0.795. The van der Waals surface area contributed by atoms with Gasteiger partial charge in [-0.25, -0.2) is 4.79 Å². The number of urea groups is 1. The molecule has 0 spiro atoms. The van der Waals surface area contributed by atoms with Crippen LogP contribution in [0.2, 0.25) is 0 Å². The number of nitrogens with zero attached hydrogens (tertiary/aromatic N) is 2. The van der Waals surface area contributed by atoms with Gasteiger partial charge in [-0.3, -0.25) is 4.90 Å². The van der Waals surface area contributed by atoms with Crippen LogP contribution in [0.15, 0.2) is 48.5 Å². The molecular weight excluding hydrogens is 381 g/mol. The first-order valence-electron chi connectivity index (χ1n) is 9.50. The minimum atomic E-state index is -4.39. The second-order valence-electron chi connectivity index (χ2n) is 7.28. The number of likely N-dealkylation sites (N-methyl/N-ethyl adjacent to an activating group) is 1. The third-order valence-corrected chi connectivity index (χ3v) is 4.95. The first-order valence-corrected chi connectivity index (χ1v) is 9.50. The van der Waals surface area contributed by atoms with Crippen LogP contribution in [0, 0.1) is 0 Å². The van der Waals surface area contributed by atoms with Gasteiger partial charge in [-0.1, -0.05) is 24.3 Å². The van der Waals surface area contributed by atoms with E-state index in [9.17, 15) is 18.0 Å². The molecule has 0 unspecified atom stereocenters. The van der Waals surface area contributed by atoms with Crippen molar-refractivity contribution in [3.63, 3.8) is 0 Å². The zero-order valence-corrected chi connectivity index (χ0v) is 16.3. The highest BCUT2D eigenvalue weighted by molar-refractivity contribution is 5.89. The lowest BCUT2D eigenvalue weighted by Crippen LogP contribution is -2.43. The number of anilines is 1. The Labute approximate surface area is 168 Å². The molecule has 0 saturated carbocycles. The molecule has 0 aliphatic carbocycles. The van der Waals surface area contributed by atoms with Crippen molar-refractivity contribution in [2.24, 2.45) is 0 Å². The van der Waals surface area contributed by atoms with E-state index in [1.807, 2.05) is 12.1 Å². The van der Waals surface area contributed by atoms with Crippen molar-refractivity contribution >= 4 is 11.7 Å². The van der Waals surface area contributed by atoms with Crippen LogP contribution >= 0.6 is 0 Å². The fourth-order valence-electron chi connectivity index (χ4n) is 3.13. The maximum absolute atomic E-state index is 12.6. The summed E-state index contributed by atoms with van der Waals surface area (Å²) in [5.74, 6) is 0. The van der Waals surface area contributed by atoms with E-state index in [2.05, 4.69) is 39.6 Å². The minimum absolute atomic E-state index is 0.304. The Hall–Kier alpha value is -2.58. The summed E-state index contributed by atoms with van der Waals surface area (Å²) in [7, 11) is 2.13. The van der Waals surface area contributed by atoms with E-state index in [-0.39, 0.29) is 0 Å². The lowest BCUT2D eigenvalue weighted by Gasteiger charge is -2.32. The normalized spacial score (nSPS) is 15.9. The topological polar surface area (TPSA) is 47.6 Å². The lowest BCUT2D eigenvalue weighted by molar-refractivity contribution is -0.137. The maximum atomic E-state index is 12.6. The van der Waals surface area contributed by atoms with E-state index in [4.69, 9.17) is 0 Å². The van der Waals surface area contributed by atoms with Crippen molar-refractivity contribution in [2.75, 3.05) is 38.5 Å². The Kier molecular flexibility index (Phi) is 6.76. The Morgan fingerprint density at radius 2 is 1.52 bits per heavy atom. The van der Waals surface area contributed by atoms with Crippen molar-refractivity contribution in [3.05, 3.63) is 65.2 Å². The van der Waals surface area contributed by atoms with Crippen LogP contribution in [0.5, 0.6) is 0 Å². The molecule has 1 aliphatic rings. The molecule has 1 heterocycles. The predicted molar refractivity (Wildman–Crippen MR) is 107 cm³/mol. The number of carbonyl (C=O) groups excluding carboxylic acids is 1. The van der Waals surface area contributed by atoms with Gasteiger partial charge in [-0.2, -0.15) is 13.2 Å². The summed E-state index contributed by atoms with van der Waals surface area (Å²) in [4.78, 5) is 16.7. The van der Waals surface area contributed by atoms with Gasteiger partial charge in [0.1, 0.15) is 0 Å². The average molecular weight is 406 g/mol. The van der Waals surface area contributed by atoms with Crippen LogP contribution in [0.4, 0.5) is 23.7 Å². The molecule has 2 aromatic carbocycles. The third-order valence-electron chi connectivity index (χ3n) is 4.95. The van der Waals surface area contributed by atoms with Crippen molar-refractivity contribution in [3.8, 4) is 0 Å². The van der Waals surface area contributed by atoms with Gasteiger partial charge >= 0.3 is 12.2 Å². The summed E-state index contributed by atoms with van der Waals surface area (Å²) in [5, 5.41) is 5.24. The smallest absolute Gasteiger partial charge is 0.334 e. The molecule has 1 saturated heterocycles. The number of rotatable bonds is 5. The number of nitrogens with one attached hydrogen (secondary N) is 2. The Balaban J connectivity index is 1.44. The van der Waals surface area contributed by atoms with Gasteiger partial charge in [0.15, 0.2) is 0 Å². The SMILES string of the molecule is CN1CCN(Cc2ccc(CNC(=O)Nc3ccc(C(F)(F)F)cc3)cc2)CC1. The first kappa shape index (κ1) is 21.1. The molecule has 2 N–H and O–H groups in total. The monoisotopic (exact) mass is 406 g/mol. The van der Waals surface area contributed by atoms with Crippen LogP contribution in [-0.2, 0) is 19.3 Å². The Bertz CT molecular complexity index is 798. The standard InChI is InChI=1S/C21H25F3N4O/c1-27-10-12-28(13-11-27)15-17-4-2-16(3-5-17)14-25-20(29)26-19-8-6-18(7-9-19)21(22,23)24/h2-9H,10-15H2,1H3,(H2,25,26,29). The second-order valence-corrected chi connectivity index (χ2v) is 7.28. The minimum Gasteiger partial charge on any atom is -0.334 e. The second kappa shape index (κ2) is 9.28. The molecular formula is C21H25F3N4O. The molecule has 1 fully saturated rings. The Morgan fingerprint density at radius 3 is 2.10 bits per heavy atom. The largest absolute Gasteiger partial charge is 0.416 e. The molecule has 156 valence electrons. The molecule has 3 rings (SSSR count). The molecule has 2 amide bonds. The fourth-order valence-corrected chi connectivity index (χ4v) is 3.13. The van der Waals surface area contributed by atoms with Crippen molar-refractivity contribution in [2.45, 2.75) is 19.3 Å². The average Bonchev–Trinajstić information content (AvgIpc) is 2.69. The lowest BCUT2D eigenvalue weighted by atomic mass is 10.1. The van der Waals surface area contributed by atoms with Gasteiger partial charge < -0.3 is 15.5 Å². The number of piperazine rings is 1. The molecule has 2 aromatic rings. The van der Waals surface area contributed by atoms with E-state index in [0.717, 1.165) is 50.4 Å². The van der Waals surface area contributed by atoms with Gasteiger partial charge in [0, 0.05) is 45.0 Å². The predicted octanol–water partition coefficient (Wildman–Crippen LogP) is 3.77. The van der Waals surface area contributed by atoms with Crippen molar-refractivity contribution < 1.29 is 18.0 Å². The van der Waals surface area contributed by atoms with E-state index < -0.39 is 17.8 Å². The van der Waals surface area contributed by atoms with Crippen LogP contribution < -0.4 is 10.6 Å². The maximum Gasteiger partial charge on any atom is 0.416 e. The Morgan fingerprint density at radius 1 is 0.931 bits per heavy atom. The van der Waals surface area contributed by atoms with Gasteiger partial charge in [-0.15, -0.1) is 0 Å². The number of benzene rings is 2. The molecule has 1 aliphatic heterocycles. The molecule has 29 heavy (non-hydrogen) atoms. The number of hydrogen-bond acceptors (Lipinski definition) is 3. The molecule has 0 bridgehead atoms. The highest BCUT2D eigenvalue weighted by Crippen LogP contribution is 2.29. The van der Waals surface area contributed by atoms with Gasteiger partial charge in [-0.05, 0) is 42.4 Å². The fraction of sp³-hybridized carbons (Fsp3) is 0.381.